The van der Waals surface area contributed by atoms with Gasteiger partial charge in [0.1, 0.15) is 5.75 Å². The van der Waals surface area contributed by atoms with Crippen molar-refractivity contribution in [2.24, 2.45) is 5.92 Å². The fourth-order valence-corrected chi connectivity index (χ4v) is 3.15. The van der Waals surface area contributed by atoms with Crippen LogP contribution in [0.3, 0.4) is 0 Å². The Hall–Kier alpha value is -1.35. The topological polar surface area (TPSA) is 29.5 Å². The molecule has 1 aliphatic rings. The summed E-state index contributed by atoms with van der Waals surface area (Å²) >= 11 is 0. The van der Waals surface area contributed by atoms with Gasteiger partial charge in [0.05, 0.1) is 13.2 Å². The second-order valence-electron chi connectivity index (χ2n) is 6.01. The van der Waals surface area contributed by atoms with Gasteiger partial charge in [-0.2, -0.15) is 0 Å². The minimum atomic E-state index is -0.0333. The Balaban J connectivity index is 2.00. The lowest BCUT2D eigenvalue weighted by Gasteiger charge is -2.26. The molecule has 1 saturated heterocycles. The molecule has 0 bridgehead atoms. The van der Waals surface area contributed by atoms with E-state index in [1.54, 1.807) is 7.11 Å². The summed E-state index contributed by atoms with van der Waals surface area (Å²) in [6, 6.07) is 7.41. The van der Waals surface area contributed by atoms with Crippen LogP contribution < -0.4 is 4.74 Å². The molecule has 0 N–H and O–H groups in total. The summed E-state index contributed by atoms with van der Waals surface area (Å²) in [5.41, 5.74) is 0.777. The third-order valence-corrected chi connectivity index (χ3v) is 4.76. The van der Waals surface area contributed by atoms with Crippen molar-refractivity contribution in [2.75, 3.05) is 20.2 Å². The molecule has 0 aliphatic carbocycles. The van der Waals surface area contributed by atoms with E-state index in [1.807, 2.05) is 31.2 Å². The highest BCUT2D eigenvalue weighted by atomic mass is 16.5. The standard InChI is InChI=1S/C18H27NO2/c1-4-15-6-5-12-19(13-11-15)14(2)18(20)16-7-9-17(21-3)10-8-16/h7-10,14-15H,4-6,11-13H2,1-3H3. The lowest BCUT2D eigenvalue weighted by atomic mass is 9.98. The quantitative estimate of drug-likeness (QED) is 0.773. The number of benzene rings is 1. The fourth-order valence-electron chi connectivity index (χ4n) is 3.15. The molecule has 1 fully saturated rings. The van der Waals surface area contributed by atoms with Crippen molar-refractivity contribution in [2.45, 2.75) is 45.6 Å². The van der Waals surface area contributed by atoms with Crippen molar-refractivity contribution >= 4 is 5.78 Å². The molecule has 3 nitrogen and oxygen atoms in total. The van der Waals surface area contributed by atoms with Gasteiger partial charge in [-0.15, -0.1) is 0 Å². The summed E-state index contributed by atoms with van der Waals surface area (Å²) < 4.78 is 5.14. The molecule has 0 amide bonds. The molecule has 0 saturated carbocycles. The van der Waals surface area contributed by atoms with Crippen LogP contribution in [0.2, 0.25) is 0 Å². The van der Waals surface area contributed by atoms with Crippen molar-refractivity contribution in [3.8, 4) is 5.75 Å². The van der Waals surface area contributed by atoms with Crippen molar-refractivity contribution in [1.29, 1.82) is 0 Å². The Labute approximate surface area is 128 Å². The molecule has 1 aromatic rings. The SMILES string of the molecule is CCC1CCCN(C(C)C(=O)c2ccc(OC)cc2)CC1. The van der Waals surface area contributed by atoms with E-state index in [4.69, 9.17) is 4.74 Å². The first-order valence-corrected chi connectivity index (χ1v) is 8.08. The van der Waals surface area contributed by atoms with E-state index in [0.717, 1.165) is 30.3 Å². The number of carbonyl (C=O) groups is 1. The van der Waals surface area contributed by atoms with Crippen LogP contribution in [0.15, 0.2) is 24.3 Å². The zero-order chi connectivity index (χ0) is 15.2. The predicted molar refractivity (Wildman–Crippen MR) is 86.0 cm³/mol. The minimum Gasteiger partial charge on any atom is -0.497 e. The Bertz CT molecular complexity index is 455. The zero-order valence-electron chi connectivity index (χ0n) is 13.5. The van der Waals surface area contributed by atoms with E-state index in [2.05, 4.69) is 11.8 Å². The van der Waals surface area contributed by atoms with Crippen LogP contribution in [0.1, 0.15) is 49.9 Å². The molecule has 2 rings (SSSR count). The van der Waals surface area contributed by atoms with Crippen molar-refractivity contribution in [1.82, 2.24) is 4.90 Å². The third-order valence-electron chi connectivity index (χ3n) is 4.76. The number of Topliss-reactive ketones (excluding diaryl/α,β-unsaturated/α-hetero) is 1. The average molecular weight is 289 g/mol. The third kappa shape index (κ3) is 4.07. The largest absolute Gasteiger partial charge is 0.497 e. The fraction of sp³-hybridized carbons (Fsp3) is 0.611. The first kappa shape index (κ1) is 16.0. The van der Waals surface area contributed by atoms with E-state index in [-0.39, 0.29) is 11.8 Å². The van der Waals surface area contributed by atoms with E-state index in [9.17, 15) is 4.79 Å². The van der Waals surface area contributed by atoms with E-state index < -0.39 is 0 Å². The van der Waals surface area contributed by atoms with Gasteiger partial charge < -0.3 is 4.74 Å². The first-order chi connectivity index (χ1) is 10.2. The van der Waals surface area contributed by atoms with Crippen LogP contribution in [0, 0.1) is 5.92 Å². The van der Waals surface area contributed by atoms with Crippen LogP contribution in [-0.4, -0.2) is 36.9 Å². The molecule has 0 aromatic heterocycles. The smallest absolute Gasteiger partial charge is 0.179 e. The number of hydrogen-bond acceptors (Lipinski definition) is 3. The Kier molecular flexibility index (Phi) is 5.80. The molecule has 21 heavy (non-hydrogen) atoms. The van der Waals surface area contributed by atoms with Gasteiger partial charge in [0.15, 0.2) is 5.78 Å². The van der Waals surface area contributed by atoms with Crippen molar-refractivity contribution in [3.63, 3.8) is 0 Å². The summed E-state index contributed by atoms with van der Waals surface area (Å²) in [6.07, 6.45) is 4.99. The molecule has 0 radical (unpaired) electrons. The maximum Gasteiger partial charge on any atom is 0.179 e. The highest BCUT2D eigenvalue weighted by Crippen LogP contribution is 2.22. The average Bonchev–Trinajstić information content (AvgIpc) is 2.79. The molecule has 2 atom stereocenters. The van der Waals surface area contributed by atoms with Gasteiger partial charge in [-0.3, -0.25) is 9.69 Å². The maximum atomic E-state index is 12.6. The van der Waals surface area contributed by atoms with Gasteiger partial charge in [0.2, 0.25) is 0 Å². The molecule has 2 unspecified atom stereocenters. The minimum absolute atomic E-state index is 0.0333. The van der Waals surface area contributed by atoms with Gasteiger partial charge in [-0.25, -0.2) is 0 Å². The first-order valence-electron chi connectivity index (χ1n) is 8.08. The highest BCUT2D eigenvalue weighted by Gasteiger charge is 2.25. The lowest BCUT2D eigenvalue weighted by Crippen LogP contribution is -2.39. The van der Waals surface area contributed by atoms with E-state index in [0.29, 0.717) is 0 Å². The monoisotopic (exact) mass is 289 g/mol. The van der Waals surface area contributed by atoms with E-state index >= 15 is 0 Å². The number of hydrogen-bond donors (Lipinski definition) is 0. The number of methoxy groups -OCH3 is 1. The maximum absolute atomic E-state index is 12.6. The van der Waals surface area contributed by atoms with Crippen molar-refractivity contribution < 1.29 is 9.53 Å². The van der Waals surface area contributed by atoms with Crippen molar-refractivity contribution in [3.05, 3.63) is 29.8 Å². The second-order valence-corrected chi connectivity index (χ2v) is 6.01. The number of carbonyl (C=O) groups excluding carboxylic acids is 1. The summed E-state index contributed by atoms with van der Waals surface area (Å²) in [5, 5.41) is 0. The molecule has 0 spiro atoms. The van der Waals surface area contributed by atoms with Gasteiger partial charge in [0, 0.05) is 5.56 Å². The summed E-state index contributed by atoms with van der Waals surface area (Å²) in [6.45, 7) is 6.40. The summed E-state index contributed by atoms with van der Waals surface area (Å²) in [5.74, 6) is 1.84. The molecular formula is C18H27NO2. The molecule has 1 aliphatic heterocycles. The number of nitrogens with zero attached hydrogens (tertiary/aromatic N) is 1. The van der Waals surface area contributed by atoms with Crippen LogP contribution in [0.4, 0.5) is 0 Å². The van der Waals surface area contributed by atoms with E-state index in [1.165, 1.54) is 25.7 Å². The van der Waals surface area contributed by atoms with Gasteiger partial charge in [-0.05, 0) is 69.5 Å². The number of ketones is 1. The van der Waals surface area contributed by atoms with Gasteiger partial charge in [-0.1, -0.05) is 13.3 Å². The zero-order valence-corrected chi connectivity index (χ0v) is 13.5. The molecule has 1 heterocycles. The number of ether oxygens (including phenoxy) is 1. The van der Waals surface area contributed by atoms with Gasteiger partial charge in [0.25, 0.3) is 0 Å². The van der Waals surface area contributed by atoms with Crippen LogP contribution in [0.5, 0.6) is 5.75 Å². The lowest BCUT2D eigenvalue weighted by molar-refractivity contribution is 0.0841. The number of rotatable bonds is 5. The van der Waals surface area contributed by atoms with Crippen LogP contribution in [0.25, 0.3) is 0 Å². The normalized spacial score (nSPS) is 21.6. The second kappa shape index (κ2) is 7.60. The Morgan fingerprint density at radius 2 is 2.00 bits per heavy atom. The molecule has 116 valence electrons. The predicted octanol–water partition coefficient (Wildman–Crippen LogP) is 3.78. The van der Waals surface area contributed by atoms with Crippen LogP contribution in [-0.2, 0) is 0 Å². The van der Waals surface area contributed by atoms with Crippen LogP contribution >= 0.6 is 0 Å². The number of likely N-dealkylation sites (tertiary alicyclic amines) is 1. The molecule has 1 aromatic carbocycles. The summed E-state index contributed by atoms with van der Waals surface area (Å²) in [4.78, 5) is 15.0. The Morgan fingerprint density at radius 1 is 1.29 bits per heavy atom. The highest BCUT2D eigenvalue weighted by molar-refractivity contribution is 5.99. The Morgan fingerprint density at radius 3 is 2.62 bits per heavy atom. The molecular weight excluding hydrogens is 262 g/mol. The summed E-state index contributed by atoms with van der Waals surface area (Å²) in [7, 11) is 1.64. The molecule has 3 heteroatoms. The van der Waals surface area contributed by atoms with Gasteiger partial charge >= 0.3 is 0 Å².